The summed E-state index contributed by atoms with van der Waals surface area (Å²) in [6, 6.07) is 5.60. The van der Waals surface area contributed by atoms with Crippen molar-refractivity contribution in [1.29, 1.82) is 0 Å². The van der Waals surface area contributed by atoms with Crippen LogP contribution in [0.2, 0.25) is 0 Å². The van der Waals surface area contributed by atoms with E-state index >= 15 is 0 Å². The van der Waals surface area contributed by atoms with E-state index in [9.17, 15) is 9.59 Å². The van der Waals surface area contributed by atoms with Gasteiger partial charge in [-0.05, 0) is 38.0 Å². The fourth-order valence-electron chi connectivity index (χ4n) is 2.82. The van der Waals surface area contributed by atoms with Crippen LogP contribution in [-0.4, -0.2) is 61.0 Å². The molecule has 7 nitrogen and oxygen atoms in total. The van der Waals surface area contributed by atoms with E-state index in [4.69, 9.17) is 9.47 Å². The predicted molar refractivity (Wildman–Crippen MR) is 108 cm³/mol. The van der Waals surface area contributed by atoms with Crippen molar-refractivity contribution in [2.75, 3.05) is 33.9 Å². The van der Waals surface area contributed by atoms with Crippen molar-refractivity contribution in [2.45, 2.75) is 31.9 Å². The van der Waals surface area contributed by atoms with Gasteiger partial charge in [-0.15, -0.1) is 0 Å². The zero-order valence-electron chi connectivity index (χ0n) is 16.3. The number of rotatable bonds is 8. The van der Waals surface area contributed by atoms with Gasteiger partial charge in [0.05, 0.1) is 14.2 Å². The zero-order valence-corrected chi connectivity index (χ0v) is 17.1. The van der Waals surface area contributed by atoms with Gasteiger partial charge in [0.25, 0.3) is 0 Å². The van der Waals surface area contributed by atoms with Gasteiger partial charge >= 0.3 is 0 Å². The molecule has 1 aromatic rings. The van der Waals surface area contributed by atoms with Crippen LogP contribution < -0.4 is 14.8 Å². The number of nitrogens with zero attached hydrogens (tertiary/aromatic N) is 2. The van der Waals surface area contributed by atoms with Crippen molar-refractivity contribution in [3.05, 3.63) is 23.8 Å². The van der Waals surface area contributed by atoms with Crippen molar-refractivity contribution < 1.29 is 19.1 Å². The number of amidine groups is 1. The lowest BCUT2D eigenvalue weighted by atomic mass is 10.1. The first-order valence-corrected chi connectivity index (χ1v) is 9.92. The maximum Gasteiger partial charge on any atom is 0.243 e. The van der Waals surface area contributed by atoms with E-state index < -0.39 is 5.25 Å². The number of benzene rings is 1. The molecule has 1 unspecified atom stereocenters. The van der Waals surface area contributed by atoms with Crippen molar-refractivity contribution in [2.24, 2.45) is 4.99 Å². The van der Waals surface area contributed by atoms with Gasteiger partial charge in [-0.1, -0.05) is 17.8 Å². The van der Waals surface area contributed by atoms with Crippen molar-refractivity contribution >= 4 is 28.7 Å². The summed E-state index contributed by atoms with van der Waals surface area (Å²) < 4.78 is 10.5. The van der Waals surface area contributed by atoms with E-state index in [0.717, 1.165) is 12.1 Å². The van der Waals surface area contributed by atoms with Crippen LogP contribution in [0.3, 0.4) is 0 Å². The third-order valence-electron chi connectivity index (χ3n) is 4.16. The minimum Gasteiger partial charge on any atom is -0.493 e. The number of aliphatic imine (C=N–C) groups is 1. The highest BCUT2D eigenvalue weighted by Crippen LogP contribution is 2.29. The molecule has 1 aromatic carbocycles. The van der Waals surface area contributed by atoms with Crippen LogP contribution in [0.4, 0.5) is 0 Å². The zero-order chi connectivity index (χ0) is 19.8. The molecule has 2 rings (SSSR count). The number of nitrogens with one attached hydrogen (secondary N) is 1. The average Bonchev–Trinajstić information content (AvgIpc) is 2.93. The Morgan fingerprint density at radius 1 is 1.26 bits per heavy atom. The summed E-state index contributed by atoms with van der Waals surface area (Å²) in [5.74, 6) is 1.00. The second-order valence-electron chi connectivity index (χ2n) is 5.94. The lowest BCUT2D eigenvalue weighted by Crippen LogP contribution is -2.34. The third-order valence-corrected chi connectivity index (χ3v) is 5.31. The second-order valence-corrected chi connectivity index (χ2v) is 7.13. The molecule has 8 heteroatoms. The molecule has 0 aliphatic carbocycles. The number of carbonyl (C=O) groups excluding carboxylic acids is 2. The highest BCUT2D eigenvalue weighted by atomic mass is 32.2. The summed E-state index contributed by atoms with van der Waals surface area (Å²) >= 11 is 1.34. The number of hydrogen-bond donors (Lipinski definition) is 1. The van der Waals surface area contributed by atoms with Crippen LogP contribution in [0.15, 0.2) is 23.2 Å². The third kappa shape index (κ3) is 5.38. The minimum absolute atomic E-state index is 0.134. The molecule has 0 spiro atoms. The molecule has 1 saturated heterocycles. The quantitative estimate of drug-likeness (QED) is 0.414. The molecule has 1 fully saturated rings. The van der Waals surface area contributed by atoms with E-state index in [1.165, 1.54) is 16.7 Å². The molecule has 1 aliphatic rings. The largest absolute Gasteiger partial charge is 0.493 e. The average molecular weight is 394 g/mol. The maximum atomic E-state index is 12.7. The van der Waals surface area contributed by atoms with Gasteiger partial charge in [-0.2, -0.15) is 0 Å². The molecule has 1 heterocycles. The van der Waals surface area contributed by atoms with Gasteiger partial charge in [-0.3, -0.25) is 19.5 Å². The fraction of sp³-hybridized carbons (Fsp3) is 0.526. The standard InChI is InChI=1S/C19H27N3O4S/c1-5-20-19(21-6-2)27-16-12-17(23)22(18(16)24)10-9-13-7-8-14(25-3)15(11-13)26-4/h7-8,11,16H,5-6,9-10,12H2,1-4H3,(H,20,21). The minimum atomic E-state index is -0.410. The van der Waals surface area contributed by atoms with E-state index in [-0.39, 0.29) is 18.2 Å². The van der Waals surface area contributed by atoms with Crippen LogP contribution in [0.5, 0.6) is 11.5 Å². The molecule has 0 saturated carbocycles. The summed E-state index contributed by atoms with van der Waals surface area (Å²) in [6.07, 6.45) is 0.780. The Balaban J connectivity index is 2.00. The van der Waals surface area contributed by atoms with Gasteiger partial charge < -0.3 is 14.8 Å². The molecule has 2 amide bonds. The lowest BCUT2D eigenvalue weighted by Gasteiger charge is -2.16. The van der Waals surface area contributed by atoms with E-state index in [1.54, 1.807) is 14.2 Å². The van der Waals surface area contributed by atoms with Crippen LogP contribution in [-0.2, 0) is 16.0 Å². The summed E-state index contributed by atoms with van der Waals surface area (Å²) in [7, 11) is 3.16. The molecule has 0 radical (unpaired) electrons. The number of imide groups is 1. The van der Waals surface area contributed by atoms with Crippen molar-refractivity contribution in [3.63, 3.8) is 0 Å². The molecular formula is C19H27N3O4S. The Morgan fingerprint density at radius 2 is 2.00 bits per heavy atom. The summed E-state index contributed by atoms with van der Waals surface area (Å²) in [4.78, 5) is 30.7. The Kier molecular flexibility index (Phi) is 7.97. The maximum absolute atomic E-state index is 12.7. The molecule has 0 aromatic heterocycles. The van der Waals surface area contributed by atoms with Crippen LogP contribution in [0, 0.1) is 0 Å². The first-order chi connectivity index (χ1) is 13.0. The predicted octanol–water partition coefficient (Wildman–Crippen LogP) is 2.09. The Bertz CT molecular complexity index is 708. The van der Waals surface area contributed by atoms with Gasteiger partial charge in [0.2, 0.25) is 11.8 Å². The van der Waals surface area contributed by atoms with Gasteiger partial charge in [0, 0.05) is 26.1 Å². The second kappa shape index (κ2) is 10.2. The summed E-state index contributed by atoms with van der Waals surface area (Å²) in [5, 5.41) is 3.45. The van der Waals surface area contributed by atoms with Crippen LogP contribution in [0.1, 0.15) is 25.8 Å². The highest BCUT2D eigenvalue weighted by molar-refractivity contribution is 8.15. The van der Waals surface area contributed by atoms with Crippen molar-refractivity contribution in [3.8, 4) is 11.5 Å². The Labute approximate surface area is 164 Å². The number of carbonyl (C=O) groups is 2. The monoisotopic (exact) mass is 393 g/mol. The van der Waals surface area contributed by atoms with Gasteiger partial charge in [-0.25, -0.2) is 0 Å². The summed E-state index contributed by atoms with van der Waals surface area (Å²) in [5.41, 5.74) is 0.977. The first kappa shape index (κ1) is 21.1. The number of amides is 2. The normalized spacial score (nSPS) is 17.4. The van der Waals surface area contributed by atoms with E-state index in [0.29, 0.717) is 36.2 Å². The van der Waals surface area contributed by atoms with Crippen LogP contribution in [0.25, 0.3) is 0 Å². The molecule has 1 atom stereocenters. The fourth-order valence-corrected chi connectivity index (χ4v) is 3.98. The molecule has 148 valence electrons. The van der Waals surface area contributed by atoms with Gasteiger partial charge in [0.15, 0.2) is 16.7 Å². The smallest absolute Gasteiger partial charge is 0.243 e. The molecule has 1 N–H and O–H groups in total. The first-order valence-electron chi connectivity index (χ1n) is 9.04. The molecular weight excluding hydrogens is 366 g/mol. The van der Waals surface area contributed by atoms with E-state index in [1.807, 2.05) is 32.0 Å². The molecule has 27 heavy (non-hydrogen) atoms. The number of methoxy groups -OCH3 is 2. The topological polar surface area (TPSA) is 80.2 Å². The lowest BCUT2D eigenvalue weighted by molar-refractivity contribution is -0.138. The van der Waals surface area contributed by atoms with Gasteiger partial charge in [0.1, 0.15) is 5.25 Å². The van der Waals surface area contributed by atoms with E-state index in [2.05, 4.69) is 10.3 Å². The summed E-state index contributed by atoms with van der Waals surface area (Å²) in [6.45, 7) is 5.63. The van der Waals surface area contributed by atoms with Crippen LogP contribution >= 0.6 is 11.8 Å². The number of hydrogen-bond acceptors (Lipinski definition) is 6. The molecule has 1 aliphatic heterocycles. The Hall–Kier alpha value is -2.22. The van der Waals surface area contributed by atoms with Crippen molar-refractivity contribution in [1.82, 2.24) is 10.2 Å². The Morgan fingerprint density at radius 3 is 2.63 bits per heavy atom. The number of ether oxygens (including phenoxy) is 2. The SMILES string of the molecule is CCN=C(NCC)SC1CC(=O)N(CCc2ccc(OC)c(OC)c2)C1=O. The number of thioether (sulfide) groups is 1. The molecule has 0 bridgehead atoms. The highest BCUT2D eigenvalue weighted by Gasteiger charge is 2.39. The number of likely N-dealkylation sites (tertiary alicyclic amines) is 1.